The number of carbonyl (C=O) groups is 1. The minimum Gasteiger partial charge on any atom is -0.487 e. The Morgan fingerprint density at radius 1 is 1.21 bits per heavy atom. The van der Waals surface area contributed by atoms with Gasteiger partial charge in [-0.25, -0.2) is 0 Å². The number of thioether (sulfide) groups is 1. The fourth-order valence-electron chi connectivity index (χ4n) is 2.71. The van der Waals surface area contributed by atoms with Crippen LogP contribution < -0.4 is 4.74 Å². The Labute approximate surface area is 212 Å². The van der Waals surface area contributed by atoms with E-state index in [9.17, 15) is 4.79 Å². The van der Waals surface area contributed by atoms with E-state index in [2.05, 4.69) is 59.0 Å². The van der Waals surface area contributed by atoms with E-state index in [1.807, 2.05) is 42.5 Å². The average Bonchev–Trinajstić information content (AvgIpc) is 2.89. The van der Waals surface area contributed by atoms with Crippen LogP contribution in [0.5, 0.6) is 5.75 Å². The first-order chi connectivity index (χ1) is 13.7. The van der Waals surface area contributed by atoms with Crippen LogP contribution in [-0.4, -0.2) is 21.7 Å². The molecule has 1 heterocycles. The SMILES string of the molecule is CC(C)CN1C(=O)/C(=C/c2cc(I)c(OCc3ccc(Cl)cc3)c(I)c2)SC1=S. The molecule has 29 heavy (non-hydrogen) atoms. The van der Waals surface area contributed by atoms with Crippen LogP contribution in [0.25, 0.3) is 6.08 Å². The third kappa shape index (κ3) is 6.09. The molecule has 0 unspecified atom stereocenters. The lowest BCUT2D eigenvalue weighted by Crippen LogP contribution is -2.31. The van der Waals surface area contributed by atoms with Crippen molar-refractivity contribution in [1.82, 2.24) is 4.90 Å². The van der Waals surface area contributed by atoms with Crippen LogP contribution in [0.2, 0.25) is 5.02 Å². The van der Waals surface area contributed by atoms with Gasteiger partial charge in [0.05, 0.1) is 12.0 Å². The van der Waals surface area contributed by atoms with Crippen LogP contribution in [0.15, 0.2) is 41.3 Å². The molecule has 0 spiro atoms. The maximum Gasteiger partial charge on any atom is 0.266 e. The standard InChI is InChI=1S/C21H18ClI2NO2S2/c1-12(2)10-25-20(26)18(29-21(25)28)9-14-7-16(23)19(17(24)8-14)27-11-13-3-5-15(22)6-4-13/h3-9,12H,10-11H2,1-2H3/b18-9-. The molecule has 0 aromatic heterocycles. The minimum absolute atomic E-state index is 0.0122. The Balaban J connectivity index is 1.77. The van der Waals surface area contributed by atoms with E-state index in [1.165, 1.54) is 11.8 Å². The predicted octanol–water partition coefficient (Wildman–Crippen LogP) is 6.99. The summed E-state index contributed by atoms with van der Waals surface area (Å²) in [5, 5.41) is 0.709. The lowest BCUT2D eigenvalue weighted by molar-refractivity contribution is -0.122. The fourth-order valence-corrected chi connectivity index (χ4v) is 6.24. The first-order valence-corrected chi connectivity index (χ1v) is 12.6. The van der Waals surface area contributed by atoms with Crippen LogP contribution in [0.4, 0.5) is 0 Å². The molecule has 1 saturated heterocycles. The van der Waals surface area contributed by atoms with E-state index >= 15 is 0 Å². The summed E-state index contributed by atoms with van der Waals surface area (Å²) in [6.45, 7) is 5.27. The molecular formula is C21H18ClI2NO2S2. The molecule has 0 N–H and O–H groups in total. The number of rotatable bonds is 6. The highest BCUT2D eigenvalue weighted by Gasteiger charge is 2.32. The van der Waals surface area contributed by atoms with E-state index in [0.717, 1.165) is 24.0 Å². The molecule has 0 bridgehead atoms. The number of hydrogen-bond donors (Lipinski definition) is 0. The van der Waals surface area contributed by atoms with Gasteiger partial charge in [-0.05, 0) is 92.6 Å². The Morgan fingerprint density at radius 3 is 2.41 bits per heavy atom. The summed E-state index contributed by atoms with van der Waals surface area (Å²) in [5.74, 6) is 1.20. The van der Waals surface area contributed by atoms with Crippen LogP contribution >= 0.6 is 80.8 Å². The molecule has 2 aromatic rings. The van der Waals surface area contributed by atoms with Crippen LogP contribution in [0.3, 0.4) is 0 Å². The largest absolute Gasteiger partial charge is 0.487 e. The van der Waals surface area contributed by atoms with Gasteiger partial charge in [-0.2, -0.15) is 0 Å². The molecule has 152 valence electrons. The quantitative estimate of drug-likeness (QED) is 0.189. The van der Waals surface area contributed by atoms with Crippen molar-refractivity contribution in [2.24, 2.45) is 5.92 Å². The Bertz CT molecular complexity index is 954. The number of halogens is 3. The summed E-state index contributed by atoms with van der Waals surface area (Å²) < 4.78 is 8.65. The molecule has 0 aliphatic carbocycles. The number of thiocarbonyl (C=S) groups is 1. The number of amides is 1. The van der Waals surface area contributed by atoms with Crippen molar-refractivity contribution in [3.63, 3.8) is 0 Å². The van der Waals surface area contributed by atoms with Gasteiger partial charge >= 0.3 is 0 Å². The lowest BCUT2D eigenvalue weighted by Gasteiger charge is -2.16. The van der Waals surface area contributed by atoms with Gasteiger partial charge in [0.2, 0.25) is 0 Å². The number of benzene rings is 2. The van der Waals surface area contributed by atoms with Gasteiger partial charge in [-0.1, -0.05) is 61.6 Å². The number of nitrogens with zero attached hydrogens (tertiary/aromatic N) is 1. The van der Waals surface area contributed by atoms with Crippen molar-refractivity contribution in [1.29, 1.82) is 0 Å². The summed E-state index contributed by atoms with van der Waals surface area (Å²) in [4.78, 5) is 15.0. The summed E-state index contributed by atoms with van der Waals surface area (Å²) in [6.07, 6.45) is 1.91. The molecule has 3 nitrogen and oxygen atoms in total. The number of hydrogen-bond acceptors (Lipinski definition) is 4. The van der Waals surface area contributed by atoms with Gasteiger partial charge in [0.25, 0.3) is 5.91 Å². The van der Waals surface area contributed by atoms with E-state index in [1.54, 1.807) is 4.90 Å². The summed E-state index contributed by atoms with van der Waals surface area (Å²) in [5.41, 5.74) is 2.02. The topological polar surface area (TPSA) is 29.5 Å². The minimum atomic E-state index is -0.0122. The molecule has 3 rings (SSSR count). The van der Waals surface area contributed by atoms with E-state index in [4.69, 9.17) is 28.6 Å². The van der Waals surface area contributed by atoms with Gasteiger partial charge in [0.1, 0.15) is 16.7 Å². The second kappa shape index (κ2) is 10.3. The van der Waals surface area contributed by atoms with Gasteiger partial charge in [-0.3, -0.25) is 9.69 Å². The normalized spacial score (nSPS) is 15.7. The molecule has 0 radical (unpaired) electrons. The maximum atomic E-state index is 12.7. The van der Waals surface area contributed by atoms with Crippen molar-refractivity contribution in [2.75, 3.05) is 6.54 Å². The summed E-state index contributed by atoms with van der Waals surface area (Å²) in [6, 6.07) is 11.7. The van der Waals surface area contributed by atoms with E-state index in [0.29, 0.717) is 33.3 Å². The van der Waals surface area contributed by atoms with Gasteiger partial charge < -0.3 is 4.74 Å². The predicted molar refractivity (Wildman–Crippen MR) is 142 cm³/mol. The number of ether oxygens (including phenoxy) is 1. The van der Waals surface area contributed by atoms with E-state index < -0.39 is 0 Å². The smallest absolute Gasteiger partial charge is 0.266 e. The summed E-state index contributed by atoms with van der Waals surface area (Å²) in [7, 11) is 0. The zero-order valence-corrected chi connectivity index (χ0v) is 22.5. The fraction of sp³-hybridized carbons (Fsp3) is 0.238. The van der Waals surface area contributed by atoms with Crippen molar-refractivity contribution in [3.8, 4) is 5.75 Å². The summed E-state index contributed by atoms with van der Waals surface area (Å²) >= 11 is 17.2. The molecule has 1 aliphatic heterocycles. The van der Waals surface area contributed by atoms with Crippen LogP contribution in [0, 0.1) is 13.1 Å². The first-order valence-electron chi connectivity index (χ1n) is 8.86. The molecule has 0 atom stereocenters. The maximum absolute atomic E-state index is 12.7. The molecule has 0 saturated carbocycles. The second-order valence-electron chi connectivity index (χ2n) is 6.91. The molecule has 1 amide bonds. The Hall–Kier alpha value is -0.360. The third-order valence-electron chi connectivity index (χ3n) is 4.04. The first kappa shape index (κ1) is 23.3. The molecule has 1 fully saturated rings. The Kier molecular flexibility index (Phi) is 8.28. The second-order valence-corrected chi connectivity index (χ2v) is 11.4. The highest BCUT2D eigenvalue weighted by molar-refractivity contribution is 14.1. The number of carbonyl (C=O) groups excluding carboxylic acids is 1. The average molecular weight is 670 g/mol. The third-order valence-corrected chi connectivity index (χ3v) is 7.27. The zero-order chi connectivity index (χ0) is 21.1. The molecular weight excluding hydrogens is 652 g/mol. The van der Waals surface area contributed by atoms with Gasteiger partial charge in [0, 0.05) is 11.6 Å². The highest BCUT2D eigenvalue weighted by Crippen LogP contribution is 2.35. The van der Waals surface area contributed by atoms with Crippen LogP contribution in [0.1, 0.15) is 25.0 Å². The van der Waals surface area contributed by atoms with Crippen LogP contribution in [-0.2, 0) is 11.4 Å². The molecule has 8 heteroatoms. The van der Waals surface area contributed by atoms with Crippen molar-refractivity contribution < 1.29 is 9.53 Å². The lowest BCUT2D eigenvalue weighted by atomic mass is 10.2. The van der Waals surface area contributed by atoms with Crippen molar-refractivity contribution in [2.45, 2.75) is 20.5 Å². The molecule has 1 aliphatic rings. The van der Waals surface area contributed by atoms with Gasteiger partial charge in [-0.15, -0.1) is 0 Å². The zero-order valence-electron chi connectivity index (χ0n) is 15.7. The highest BCUT2D eigenvalue weighted by atomic mass is 127. The van der Waals surface area contributed by atoms with Crippen molar-refractivity contribution in [3.05, 3.63) is 64.6 Å². The monoisotopic (exact) mass is 669 g/mol. The molecule has 2 aromatic carbocycles. The van der Waals surface area contributed by atoms with Crippen molar-refractivity contribution >= 4 is 97.1 Å². The van der Waals surface area contributed by atoms with Gasteiger partial charge in [0.15, 0.2) is 0 Å². The van der Waals surface area contributed by atoms with E-state index in [-0.39, 0.29) is 5.91 Å². The Morgan fingerprint density at radius 2 is 1.83 bits per heavy atom.